The zero-order valence-corrected chi connectivity index (χ0v) is 10.2. The Hall–Kier alpha value is 0.310. The van der Waals surface area contributed by atoms with Gasteiger partial charge in [-0.2, -0.15) is 11.8 Å². The van der Waals surface area contributed by atoms with Crippen LogP contribution in [0.25, 0.3) is 0 Å². The van der Waals surface area contributed by atoms with Crippen LogP contribution in [0, 0.1) is 5.41 Å². The zero-order chi connectivity index (χ0) is 9.90. The third kappa shape index (κ3) is 3.51. The standard InChI is InChI=1S/C11H23NS/c1-9(5-8-13-4)12-10(2)11(3)6-7-11/h9-10,12H,5-8H2,1-4H3. The first-order valence-corrected chi connectivity index (χ1v) is 6.73. The van der Waals surface area contributed by atoms with E-state index in [9.17, 15) is 0 Å². The van der Waals surface area contributed by atoms with Crippen LogP contribution in [0.15, 0.2) is 0 Å². The number of hydrogen-bond acceptors (Lipinski definition) is 2. The number of nitrogens with one attached hydrogen (secondary N) is 1. The molecule has 1 aliphatic carbocycles. The molecule has 2 unspecified atom stereocenters. The molecule has 1 rings (SSSR count). The molecule has 1 fully saturated rings. The van der Waals surface area contributed by atoms with E-state index >= 15 is 0 Å². The van der Waals surface area contributed by atoms with Gasteiger partial charge in [-0.1, -0.05) is 6.92 Å². The minimum atomic E-state index is 0.619. The first kappa shape index (κ1) is 11.4. The molecule has 0 radical (unpaired) electrons. The van der Waals surface area contributed by atoms with E-state index in [2.05, 4.69) is 32.3 Å². The van der Waals surface area contributed by atoms with Crippen molar-refractivity contribution in [1.82, 2.24) is 5.32 Å². The van der Waals surface area contributed by atoms with Crippen LogP contribution in [0.1, 0.15) is 40.0 Å². The van der Waals surface area contributed by atoms with E-state index in [1.54, 1.807) is 0 Å². The molecular weight excluding hydrogens is 178 g/mol. The summed E-state index contributed by atoms with van der Waals surface area (Å²) < 4.78 is 0. The van der Waals surface area contributed by atoms with Crippen molar-refractivity contribution in [2.24, 2.45) is 5.41 Å². The Bertz CT molecular complexity index is 154. The summed E-state index contributed by atoms with van der Waals surface area (Å²) in [5, 5.41) is 3.70. The van der Waals surface area contributed by atoms with Gasteiger partial charge in [-0.25, -0.2) is 0 Å². The summed E-state index contributed by atoms with van der Waals surface area (Å²) in [6.45, 7) is 7.03. The van der Waals surface area contributed by atoms with Crippen LogP contribution in [0.2, 0.25) is 0 Å². The first-order chi connectivity index (χ1) is 6.08. The minimum absolute atomic E-state index is 0.619. The fraction of sp³-hybridized carbons (Fsp3) is 1.00. The number of rotatable bonds is 6. The van der Waals surface area contributed by atoms with Gasteiger partial charge in [0.25, 0.3) is 0 Å². The third-order valence-corrected chi connectivity index (χ3v) is 4.02. The van der Waals surface area contributed by atoms with Crippen molar-refractivity contribution >= 4 is 11.8 Å². The van der Waals surface area contributed by atoms with Crippen LogP contribution in [-0.4, -0.2) is 24.1 Å². The lowest BCUT2D eigenvalue weighted by Crippen LogP contribution is -2.39. The Labute approximate surface area is 87.1 Å². The average molecular weight is 201 g/mol. The van der Waals surface area contributed by atoms with Crippen LogP contribution < -0.4 is 5.32 Å². The van der Waals surface area contributed by atoms with Crippen molar-refractivity contribution in [3.05, 3.63) is 0 Å². The van der Waals surface area contributed by atoms with Crippen molar-refractivity contribution in [3.8, 4) is 0 Å². The molecule has 1 aliphatic rings. The lowest BCUT2D eigenvalue weighted by Gasteiger charge is -2.24. The molecule has 1 saturated carbocycles. The Morgan fingerprint density at radius 3 is 2.46 bits per heavy atom. The minimum Gasteiger partial charge on any atom is -0.311 e. The van der Waals surface area contributed by atoms with Gasteiger partial charge in [-0.05, 0) is 50.5 Å². The molecule has 1 nitrogen and oxygen atoms in total. The fourth-order valence-corrected chi connectivity index (χ4v) is 2.23. The van der Waals surface area contributed by atoms with Crippen LogP contribution in [0.4, 0.5) is 0 Å². The lowest BCUT2D eigenvalue weighted by atomic mass is 10.00. The van der Waals surface area contributed by atoms with Gasteiger partial charge in [0.2, 0.25) is 0 Å². The van der Waals surface area contributed by atoms with E-state index in [4.69, 9.17) is 0 Å². The molecule has 0 amide bonds. The topological polar surface area (TPSA) is 12.0 Å². The van der Waals surface area contributed by atoms with Crippen LogP contribution in [0.3, 0.4) is 0 Å². The fourth-order valence-electron chi connectivity index (χ4n) is 1.64. The van der Waals surface area contributed by atoms with Gasteiger partial charge < -0.3 is 5.32 Å². The molecule has 13 heavy (non-hydrogen) atoms. The number of hydrogen-bond donors (Lipinski definition) is 1. The zero-order valence-electron chi connectivity index (χ0n) is 9.39. The summed E-state index contributed by atoms with van der Waals surface area (Å²) in [7, 11) is 0. The summed E-state index contributed by atoms with van der Waals surface area (Å²) in [6, 6.07) is 1.38. The highest BCUT2D eigenvalue weighted by Crippen LogP contribution is 2.48. The van der Waals surface area contributed by atoms with Gasteiger partial charge in [0.1, 0.15) is 0 Å². The largest absolute Gasteiger partial charge is 0.311 e. The molecule has 0 aliphatic heterocycles. The Morgan fingerprint density at radius 2 is 2.00 bits per heavy atom. The van der Waals surface area contributed by atoms with E-state index < -0.39 is 0 Å². The van der Waals surface area contributed by atoms with Crippen LogP contribution >= 0.6 is 11.8 Å². The quantitative estimate of drug-likeness (QED) is 0.709. The molecule has 0 spiro atoms. The Kier molecular flexibility index (Phi) is 4.11. The van der Waals surface area contributed by atoms with Crippen LogP contribution in [0.5, 0.6) is 0 Å². The first-order valence-electron chi connectivity index (χ1n) is 5.33. The van der Waals surface area contributed by atoms with Gasteiger partial charge in [-0.3, -0.25) is 0 Å². The molecule has 0 heterocycles. The maximum absolute atomic E-state index is 3.70. The Morgan fingerprint density at radius 1 is 1.38 bits per heavy atom. The van der Waals surface area contributed by atoms with E-state index in [1.165, 1.54) is 25.0 Å². The van der Waals surface area contributed by atoms with Gasteiger partial charge in [0.15, 0.2) is 0 Å². The van der Waals surface area contributed by atoms with Gasteiger partial charge in [0.05, 0.1) is 0 Å². The van der Waals surface area contributed by atoms with Crippen molar-refractivity contribution in [3.63, 3.8) is 0 Å². The highest BCUT2D eigenvalue weighted by Gasteiger charge is 2.42. The summed E-state index contributed by atoms with van der Waals surface area (Å²) in [5.74, 6) is 1.28. The highest BCUT2D eigenvalue weighted by molar-refractivity contribution is 7.98. The molecule has 0 saturated heterocycles. The van der Waals surface area contributed by atoms with Gasteiger partial charge in [0, 0.05) is 12.1 Å². The molecule has 0 aromatic rings. The van der Waals surface area contributed by atoms with Gasteiger partial charge >= 0.3 is 0 Å². The molecule has 0 bridgehead atoms. The maximum atomic E-state index is 3.70. The van der Waals surface area contributed by atoms with Crippen molar-refractivity contribution in [2.75, 3.05) is 12.0 Å². The smallest absolute Gasteiger partial charge is 0.00950 e. The predicted molar refractivity (Wildman–Crippen MR) is 62.4 cm³/mol. The normalized spacial score (nSPS) is 24.0. The average Bonchev–Trinajstić information content (AvgIpc) is 2.81. The second-order valence-corrected chi connectivity index (χ2v) is 5.71. The van der Waals surface area contributed by atoms with Crippen molar-refractivity contribution < 1.29 is 0 Å². The van der Waals surface area contributed by atoms with Gasteiger partial charge in [-0.15, -0.1) is 0 Å². The Balaban J connectivity index is 2.15. The third-order valence-electron chi connectivity index (χ3n) is 3.37. The molecule has 2 atom stereocenters. The monoisotopic (exact) mass is 201 g/mol. The molecule has 78 valence electrons. The van der Waals surface area contributed by atoms with E-state index in [0.717, 1.165) is 0 Å². The molecule has 0 aromatic heterocycles. The predicted octanol–water partition coefficient (Wildman–Crippen LogP) is 2.91. The second-order valence-electron chi connectivity index (χ2n) is 4.72. The second kappa shape index (κ2) is 4.70. The van der Waals surface area contributed by atoms with Crippen molar-refractivity contribution in [1.29, 1.82) is 0 Å². The summed E-state index contributed by atoms with van der Waals surface area (Å²) >= 11 is 1.94. The van der Waals surface area contributed by atoms with E-state index in [-0.39, 0.29) is 0 Å². The summed E-state index contributed by atoms with van der Waals surface area (Å²) in [6.07, 6.45) is 6.30. The number of thioether (sulfide) groups is 1. The molecule has 1 N–H and O–H groups in total. The summed E-state index contributed by atoms with van der Waals surface area (Å²) in [4.78, 5) is 0. The summed E-state index contributed by atoms with van der Waals surface area (Å²) in [5.41, 5.74) is 0.619. The maximum Gasteiger partial charge on any atom is 0.00950 e. The van der Waals surface area contributed by atoms with Crippen molar-refractivity contribution in [2.45, 2.75) is 52.1 Å². The molecule has 2 heteroatoms. The van der Waals surface area contributed by atoms with E-state index in [0.29, 0.717) is 17.5 Å². The molecule has 0 aromatic carbocycles. The van der Waals surface area contributed by atoms with E-state index in [1.807, 2.05) is 11.8 Å². The lowest BCUT2D eigenvalue weighted by molar-refractivity contribution is 0.344. The molecular formula is C11H23NS. The SMILES string of the molecule is CSCCC(C)NC(C)C1(C)CC1. The van der Waals surface area contributed by atoms with Crippen LogP contribution in [-0.2, 0) is 0 Å². The highest BCUT2D eigenvalue weighted by atomic mass is 32.2.